The lowest BCUT2D eigenvalue weighted by molar-refractivity contribution is -0.137. The Kier molecular flexibility index (Phi) is 10.1. The van der Waals surface area contributed by atoms with E-state index in [0.717, 1.165) is 69.5 Å². The van der Waals surface area contributed by atoms with Crippen LogP contribution in [0.1, 0.15) is 12.0 Å². The van der Waals surface area contributed by atoms with Crippen molar-refractivity contribution < 1.29 is 19.2 Å². The number of hydrogen-bond donors (Lipinski definition) is 1. The molecule has 0 bridgehead atoms. The van der Waals surface area contributed by atoms with Gasteiger partial charge in [-0.1, -0.05) is 82.3 Å². The molecule has 0 aliphatic carbocycles. The van der Waals surface area contributed by atoms with Crippen molar-refractivity contribution in [3.8, 4) is 22.3 Å². The highest BCUT2D eigenvalue weighted by Crippen LogP contribution is 2.29. The Balaban J connectivity index is 1.18. The second kappa shape index (κ2) is 14.3. The van der Waals surface area contributed by atoms with Gasteiger partial charge in [0.1, 0.15) is 6.04 Å². The smallest absolute Gasteiger partial charge is 0.308 e. The van der Waals surface area contributed by atoms with Gasteiger partial charge >= 0.3 is 5.91 Å². The summed E-state index contributed by atoms with van der Waals surface area (Å²) in [5.74, 6) is -0.297. The topological polar surface area (TPSA) is 116 Å². The molecule has 2 aliphatic rings. The van der Waals surface area contributed by atoms with Crippen LogP contribution in [0.25, 0.3) is 22.3 Å². The van der Waals surface area contributed by atoms with E-state index in [-0.39, 0.29) is 19.4 Å². The fraction of sp³-hybridized carbons (Fsp3) is 0.250. The number of rotatable bonds is 10. The average Bonchev–Trinajstić information content (AvgIpc) is 3.20. The normalized spacial score (nSPS) is 15.7. The van der Waals surface area contributed by atoms with Crippen LogP contribution in [-0.2, 0) is 25.6 Å². The first-order valence-corrected chi connectivity index (χ1v) is 16.4. The third kappa shape index (κ3) is 7.79. The SMILES string of the molecule is O=NC(=O)C(Cc1ccc(-c2ccc(-c3ccc(N4CCSSCC4)cc3)cc2)cc1)NC(=O)CCN1C(=O)C=CC1=O. The van der Waals surface area contributed by atoms with Crippen molar-refractivity contribution in [3.63, 3.8) is 0 Å². The summed E-state index contributed by atoms with van der Waals surface area (Å²) in [6.45, 7) is 2.00. The van der Waals surface area contributed by atoms with Crippen molar-refractivity contribution >= 4 is 50.9 Å². The maximum absolute atomic E-state index is 12.4. The fourth-order valence-electron chi connectivity index (χ4n) is 4.97. The number of imide groups is 1. The molecule has 9 nitrogen and oxygen atoms in total. The number of nitrogens with zero attached hydrogens (tertiary/aromatic N) is 3. The standard InChI is InChI=1S/C32H30N4O5S2/c37-29(15-16-36-30(38)13-14-31(36)39)33-28(32(40)34-41)21-22-1-3-23(4-2-22)24-5-7-25(8-6-24)26-9-11-27(12-10-26)35-17-19-42-43-20-18-35/h1-14,28H,15-21H2,(H,33,37). The zero-order valence-corrected chi connectivity index (χ0v) is 24.9. The highest BCUT2D eigenvalue weighted by atomic mass is 33.1. The lowest BCUT2D eigenvalue weighted by Crippen LogP contribution is -2.43. The van der Waals surface area contributed by atoms with Crippen LogP contribution < -0.4 is 10.2 Å². The van der Waals surface area contributed by atoms with Crippen LogP contribution in [0.3, 0.4) is 0 Å². The zero-order valence-electron chi connectivity index (χ0n) is 23.3. The predicted molar refractivity (Wildman–Crippen MR) is 171 cm³/mol. The van der Waals surface area contributed by atoms with Gasteiger partial charge in [0.2, 0.25) is 5.91 Å². The summed E-state index contributed by atoms with van der Waals surface area (Å²) in [6.07, 6.45) is 2.14. The van der Waals surface area contributed by atoms with E-state index in [4.69, 9.17) is 0 Å². The van der Waals surface area contributed by atoms with Gasteiger partial charge in [0.05, 0.1) is 0 Å². The summed E-state index contributed by atoms with van der Waals surface area (Å²) >= 11 is 0. The summed E-state index contributed by atoms with van der Waals surface area (Å²) < 4.78 is 0. The molecule has 220 valence electrons. The Morgan fingerprint density at radius 3 is 1.77 bits per heavy atom. The molecule has 1 saturated heterocycles. The zero-order chi connectivity index (χ0) is 30.2. The number of hydrogen-bond acceptors (Lipinski definition) is 8. The third-order valence-electron chi connectivity index (χ3n) is 7.34. The largest absolute Gasteiger partial charge is 0.370 e. The second-order valence-electron chi connectivity index (χ2n) is 10.1. The molecule has 43 heavy (non-hydrogen) atoms. The minimum absolute atomic E-state index is 0.0732. The molecule has 11 heteroatoms. The molecule has 0 aromatic heterocycles. The van der Waals surface area contributed by atoms with E-state index < -0.39 is 29.7 Å². The molecule has 1 atom stereocenters. The average molecular weight is 615 g/mol. The summed E-state index contributed by atoms with van der Waals surface area (Å²) in [4.78, 5) is 62.3. The number of carbonyl (C=O) groups excluding carboxylic acids is 4. The van der Waals surface area contributed by atoms with Gasteiger partial charge in [-0.15, -0.1) is 4.91 Å². The molecule has 5 rings (SSSR count). The lowest BCUT2D eigenvalue weighted by Gasteiger charge is -2.22. The van der Waals surface area contributed by atoms with Gasteiger partial charge in [0.25, 0.3) is 11.8 Å². The minimum Gasteiger partial charge on any atom is -0.370 e. The molecule has 1 fully saturated rings. The molecule has 2 aliphatic heterocycles. The van der Waals surface area contributed by atoms with Gasteiger partial charge in [0, 0.05) is 67.0 Å². The summed E-state index contributed by atoms with van der Waals surface area (Å²) in [5, 5.41) is 5.00. The lowest BCUT2D eigenvalue weighted by atomic mass is 9.98. The Hall–Kier alpha value is -4.22. The Morgan fingerprint density at radius 2 is 1.26 bits per heavy atom. The molecule has 0 radical (unpaired) electrons. The van der Waals surface area contributed by atoms with Gasteiger partial charge in [-0.05, 0) is 39.9 Å². The van der Waals surface area contributed by atoms with Crippen molar-refractivity contribution in [2.75, 3.05) is 36.0 Å². The van der Waals surface area contributed by atoms with Gasteiger partial charge in [-0.3, -0.25) is 24.1 Å². The first-order valence-electron chi connectivity index (χ1n) is 13.9. The van der Waals surface area contributed by atoms with E-state index in [2.05, 4.69) is 63.9 Å². The predicted octanol–water partition coefficient (Wildman–Crippen LogP) is 4.86. The Bertz CT molecular complexity index is 1500. The van der Waals surface area contributed by atoms with Gasteiger partial charge in [0.15, 0.2) is 0 Å². The maximum atomic E-state index is 12.4. The van der Waals surface area contributed by atoms with Crippen LogP contribution in [0, 0.1) is 4.91 Å². The van der Waals surface area contributed by atoms with E-state index in [1.165, 1.54) is 5.69 Å². The number of amides is 4. The summed E-state index contributed by atoms with van der Waals surface area (Å²) in [7, 11) is 3.87. The second-order valence-corrected chi connectivity index (χ2v) is 12.8. The van der Waals surface area contributed by atoms with Crippen molar-refractivity contribution in [1.82, 2.24) is 10.2 Å². The molecule has 0 spiro atoms. The Labute approximate surface area is 257 Å². The highest BCUT2D eigenvalue weighted by Gasteiger charge is 2.26. The maximum Gasteiger partial charge on any atom is 0.308 e. The molecule has 1 N–H and O–H groups in total. The van der Waals surface area contributed by atoms with Crippen molar-refractivity contribution in [2.24, 2.45) is 5.18 Å². The highest BCUT2D eigenvalue weighted by molar-refractivity contribution is 8.76. The number of carbonyl (C=O) groups is 4. The Morgan fingerprint density at radius 1 is 0.767 bits per heavy atom. The van der Waals surface area contributed by atoms with Crippen LogP contribution in [0.2, 0.25) is 0 Å². The van der Waals surface area contributed by atoms with E-state index in [0.29, 0.717) is 0 Å². The summed E-state index contributed by atoms with van der Waals surface area (Å²) in [5.41, 5.74) is 6.28. The van der Waals surface area contributed by atoms with Crippen molar-refractivity contribution in [2.45, 2.75) is 18.9 Å². The van der Waals surface area contributed by atoms with E-state index in [1.807, 2.05) is 45.9 Å². The molecule has 0 saturated carbocycles. The van der Waals surface area contributed by atoms with E-state index in [9.17, 15) is 24.1 Å². The number of benzene rings is 3. The first-order chi connectivity index (χ1) is 20.9. The molecule has 1 unspecified atom stereocenters. The van der Waals surface area contributed by atoms with E-state index in [1.54, 1.807) is 0 Å². The monoisotopic (exact) mass is 614 g/mol. The van der Waals surface area contributed by atoms with E-state index >= 15 is 0 Å². The summed E-state index contributed by atoms with van der Waals surface area (Å²) in [6, 6.07) is 23.4. The van der Waals surface area contributed by atoms with Crippen LogP contribution in [0.15, 0.2) is 90.1 Å². The van der Waals surface area contributed by atoms with Gasteiger partial charge < -0.3 is 10.2 Å². The number of nitroso groups, excluding NO2 is 1. The van der Waals surface area contributed by atoms with Gasteiger partial charge in [-0.25, -0.2) is 0 Å². The molecular weight excluding hydrogens is 585 g/mol. The molecule has 2 heterocycles. The van der Waals surface area contributed by atoms with Crippen LogP contribution in [0.5, 0.6) is 0 Å². The van der Waals surface area contributed by atoms with Crippen molar-refractivity contribution in [3.05, 3.63) is 95.4 Å². The minimum atomic E-state index is -1.15. The molecule has 4 amide bonds. The third-order valence-corrected chi connectivity index (χ3v) is 9.70. The van der Waals surface area contributed by atoms with Crippen LogP contribution in [0.4, 0.5) is 5.69 Å². The quantitative estimate of drug-likeness (QED) is 0.196. The fourth-order valence-corrected chi connectivity index (χ4v) is 6.95. The number of nitrogens with one attached hydrogen (secondary N) is 1. The van der Waals surface area contributed by atoms with Gasteiger partial charge in [-0.2, -0.15) is 0 Å². The molecular formula is C32H30N4O5S2. The van der Waals surface area contributed by atoms with Crippen LogP contribution >= 0.6 is 21.6 Å². The first kappa shape index (κ1) is 30.2. The number of anilines is 1. The molecule has 3 aromatic carbocycles. The molecule has 3 aromatic rings. The van der Waals surface area contributed by atoms with Crippen LogP contribution in [-0.4, -0.2) is 65.7 Å². The van der Waals surface area contributed by atoms with Crippen molar-refractivity contribution in [1.29, 1.82) is 0 Å².